The van der Waals surface area contributed by atoms with Crippen LogP contribution in [0.4, 0.5) is 0 Å². The van der Waals surface area contributed by atoms with Crippen molar-refractivity contribution in [1.29, 1.82) is 0 Å². The Bertz CT molecular complexity index is 634. The zero-order chi connectivity index (χ0) is 14.5. The van der Waals surface area contributed by atoms with E-state index in [1.165, 1.54) is 6.21 Å². The molecule has 0 spiro atoms. The number of hydrogen-bond acceptors (Lipinski definition) is 2. The van der Waals surface area contributed by atoms with Gasteiger partial charge in [0.25, 0.3) is 5.91 Å². The fourth-order valence-corrected chi connectivity index (χ4v) is 2.08. The van der Waals surface area contributed by atoms with Crippen LogP contribution >= 0.6 is 34.8 Å². The van der Waals surface area contributed by atoms with Gasteiger partial charge in [0.05, 0.1) is 16.3 Å². The summed E-state index contributed by atoms with van der Waals surface area (Å²) in [6.07, 6.45) is 1.40. The number of carbonyl (C=O) groups excluding carboxylic acids is 1. The molecule has 2 aromatic carbocycles. The molecule has 0 unspecified atom stereocenters. The number of nitrogens with zero attached hydrogens (tertiary/aromatic N) is 1. The van der Waals surface area contributed by atoms with Gasteiger partial charge >= 0.3 is 0 Å². The third-order valence-electron chi connectivity index (χ3n) is 2.47. The van der Waals surface area contributed by atoms with Gasteiger partial charge in [0.1, 0.15) is 0 Å². The Labute approximate surface area is 131 Å². The number of halogens is 3. The number of rotatable bonds is 3. The van der Waals surface area contributed by atoms with Crippen molar-refractivity contribution in [3.05, 3.63) is 68.7 Å². The zero-order valence-electron chi connectivity index (χ0n) is 10.1. The van der Waals surface area contributed by atoms with Crippen LogP contribution in [-0.4, -0.2) is 12.1 Å². The van der Waals surface area contributed by atoms with Gasteiger partial charge in [0, 0.05) is 16.1 Å². The molecule has 0 aliphatic carbocycles. The minimum atomic E-state index is -0.346. The summed E-state index contributed by atoms with van der Waals surface area (Å²) in [5.41, 5.74) is 3.40. The van der Waals surface area contributed by atoms with Gasteiger partial charge in [0.2, 0.25) is 0 Å². The summed E-state index contributed by atoms with van der Waals surface area (Å²) in [7, 11) is 0. The van der Waals surface area contributed by atoms with E-state index in [1.807, 2.05) is 0 Å². The van der Waals surface area contributed by atoms with Crippen LogP contribution in [0.15, 0.2) is 47.6 Å². The van der Waals surface area contributed by atoms with Gasteiger partial charge < -0.3 is 0 Å². The van der Waals surface area contributed by atoms with E-state index in [9.17, 15) is 4.79 Å². The van der Waals surface area contributed by atoms with Crippen LogP contribution in [0.3, 0.4) is 0 Å². The molecule has 0 fully saturated rings. The van der Waals surface area contributed by atoms with Crippen molar-refractivity contribution in [3.63, 3.8) is 0 Å². The lowest BCUT2D eigenvalue weighted by Gasteiger charge is -2.02. The van der Waals surface area contributed by atoms with Gasteiger partial charge in [-0.2, -0.15) is 5.10 Å². The van der Waals surface area contributed by atoms with Crippen molar-refractivity contribution in [2.75, 3.05) is 0 Å². The van der Waals surface area contributed by atoms with Crippen molar-refractivity contribution in [2.24, 2.45) is 5.10 Å². The Morgan fingerprint density at radius 2 is 1.60 bits per heavy atom. The van der Waals surface area contributed by atoms with E-state index in [0.717, 1.165) is 0 Å². The minimum absolute atomic E-state index is 0.346. The Morgan fingerprint density at radius 1 is 1.00 bits per heavy atom. The minimum Gasteiger partial charge on any atom is -0.267 e. The molecule has 3 nitrogen and oxygen atoms in total. The highest BCUT2D eigenvalue weighted by Crippen LogP contribution is 2.22. The summed E-state index contributed by atoms with van der Waals surface area (Å²) in [5, 5.41) is 5.32. The molecule has 0 atom stereocenters. The lowest BCUT2D eigenvalue weighted by atomic mass is 10.2. The topological polar surface area (TPSA) is 41.5 Å². The highest BCUT2D eigenvalue weighted by Gasteiger charge is 2.05. The zero-order valence-corrected chi connectivity index (χ0v) is 12.4. The van der Waals surface area contributed by atoms with Crippen LogP contribution in [0, 0.1) is 0 Å². The molecule has 1 N–H and O–H groups in total. The van der Waals surface area contributed by atoms with Gasteiger partial charge in [-0.25, -0.2) is 5.43 Å². The lowest BCUT2D eigenvalue weighted by molar-refractivity contribution is 0.0955. The Hall–Kier alpha value is -1.55. The molecule has 0 heterocycles. The smallest absolute Gasteiger partial charge is 0.267 e. The van der Waals surface area contributed by atoms with E-state index in [1.54, 1.807) is 42.5 Å². The van der Waals surface area contributed by atoms with Crippen molar-refractivity contribution in [2.45, 2.75) is 0 Å². The molecular formula is C14H9Cl3N2O. The second kappa shape index (κ2) is 6.75. The number of hydrogen-bond donors (Lipinski definition) is 1. The normalized spacial score (nSPS) is 10.8. The summed E-state index contributed by atoms with van der Waals surface area (Å²) >= 11 is 17.7. The predicted molar refractivity (Wildman–Crippen MR) is 83.0 cm³/mol. The number of benzene rings is 2. The van der Waals surface area contributed by atoms with E-state index < -0.39 is 0 Å². The third-order valence-corrected chi connectivity index (χ3v) is 3.38. The molecular weight excluding hydrogens is 319 g/mol. The molecule has 0 radical (unpaired) electrons. The summed E-state index contributed by atoms with van der Waals surface area (Å²) in [6, 6.07) is 11.6. The predicted octanol–water partition coefficient (Wildman–Crippen LogP) is 4.41. The summed E-state index contributed by atoms with van der Waals surface area (Å²) < 4.78 is 0. The molecule has 0 aliphatic heterocycles. The summed E-state index contributed by atoms with van der Waals surface area (Å²) in [5.74, 6) is -0.346. The maximum Gasteiger partial charge on any atom is 0.271 e. The Morgan fingerprint density at radius 3 is 2.20 bits per heavy atom. The fraction of sp³-hybridized carbons (Fsp3) is 0. The first-order valence-corrected chi connectivity index (χ1v) is 6.74. The van der Waals surface area contributed by atoms with Gasteiger partial charge in [-0.05, 0) is 36.4 Å². The van der Waals surface area contributed by atoms with E-state index in [-0.39, 0.29) is 5.91 Å². The monoisotopic (exact) mass is 326 g/mol. The lowest BCUT2D eigenvalue weighted by Crippen LogP contribution is -2.17. The number of nitrogens with one attached hydrogen (secondary N) is 1. The van der Waals surface area contributed by atoms with Gasteiger partial charge in [-0.3, -0.25) is 4.79 Å². The van der Waals surface area contributed by atoms with Gasteiger partial charge in [-0.15, -0.1) is 0 Å². The number of amides is 1. The molecule has 6 heteroatoms. The molecule has 2 aromatic rings. The number of carbonyl (C=O) groups is 1. The Kier molecular flexibility index (Phi) is 5.01. The molecule has 102 valence electrons. The van der Waals surface area contributed by atoms with Crippen molar-refractivity contribution < 1.29 is 4.79 Å². The average Bonchev–Trinajstić information content (AvgIpc) is 2.42. The molecule has 0 aliphatic rings. The highest BCUT2D eigenvalue weighted by atomic mass is 35.5. The Balaban J connectivity index is 2.06. The van der Waals surface area contributed by atoms with Crippen LogP contribution < -0.4 is 5.43 Å². The van der Waals surface area contributed by atoms with Crippen LogP contribution in [0.25, 0.3) is 0 Å². The van der Waals surface area contributed by atoms with Crippen LogP contribution in [0.2, 0.25) is 15.1 Å². The third kappa shape index (κ3) is 3.73. The SMILES string of the molecule is O=C(NN=Cc1c(Cl)cccc1Cl)c1ccc(Cl)cc1. The van der Waals surface area contributed by atoms with Crippen molar-refractivity contribution in [3.8, 4) is 0 Å². The average molecular weight is 328 g/mol. The van der Waals surface area contributed by atoms with Crippen molar-refractivity contribution in [1.82, 2.24) is 5.43 Å². The molecule has 0 saturated heterocycles. The standard InChI is InChI=1S/C14H9Cl3N2O/c15-10-6-4-9(5-7-10)14(20)19-18-8-11-12(16)2-1-3-13(11)17/h1-8H,(H,19,20). The maximum atomic E-state index is 11.8. The molecule has 2 rings (SSSR count). The van der Waals surface area contributed by atoms with Gasteiger partial charge in [-0.1, -0.05) is 40.9 Å². The maximum absolute atomic E-state index is 11.8. The molecule has 20 heavy (non-hydrogen) atoms. The molecule has 0 aromatic heterocycles. The fourth-order valence-electron chi connectivity index (χ4n) is 1.46. The molecule has 0 saturated carbocycles. The second-order valence-electron chi connectivity index (χ2n) is 3.84. The van der Waals surface area contributed by atoms with Crippen LogP contribution in [-0.2, 0) is 0 Å². The van der Waals surface area contributed by atoms with Gasteiger partial charge in [0.15, 0.2) is 0 Å². The largest absolute Gasteiger partial charge is 0.271 e. The first kappa shape index (κ1) is 14.9. The van der Waals surface area contributed by atoms with Crippen molar-refractivity contribution >= 4 is 46.9 Å². The molecule has 1 amide bonds. The first-order chi connectivity index (χ1) is 9.58. The first-order valence-electron chi connectivity index (χ1n) is 5.61. The molecule has 0 bridgehead atoms. The summed E-state index contributed by atoms with van der Waals surface area (Å²) in [4.78, 5) is 11.8. The quantitative estimate of drug-likeness (QED) is 0.658. The second-order valence-corrected chi connectivity index (χ2v) is 5.09. The van der Waals surface area contributed by atoms with E-state index >= 15 is 0 Å². The van der Waals surface area contributed by atoms with E-state index in [0.29, 0.717) is 26.2 Å². The van der Waals surface area contributed by atoms with Crippen LogP contribution in [0.5, 0.6) is 0 Å². The van der Waals surface area contributed by atoms with Crippen LogP contribution in [0.1, 0.15) is 15.9 Å². The number of hydrazone groups is 1. The highest BCUT2D eigenvalue weighted by molar-refractivity contribution is 6.38. The van der Waals surface area contributed by atoms with E-state index in [4.69, 9.17) is 34.8 Å². The van der Waals surface area contributed by atoms with E-state index in [2.05, 4.69) is 10.5 Å². The summed E-state index contributed by atoms with van der Waals surface area (Å²) in [6.45, 7) is 0.